The van der Waals surface area contributed by atoms with Crippen LogP contribution in [0, 0.1) is 0 Å². The van der Waals surface area contributed by atoms with Gasteiger partial charge in [0.1, 0.15) is 0 Å². The van der Waals surface area contributed by atoms with Gasteiger partial charge in [-0.15, -0.1) is 0 Å². The number of nitrogens with zero attached hydrogens (tertiary/aromatic N) is 1. The Labute approximate surface area is 126 Å². The molecule has 0 saturated carbocycles. The van der Waals surface area contributed by atoms with Crippen molar-refractivity contribution in [3.8, 4) is 0 Å². The molecule has 0 spiro atoms. The molecule has 0 aromatic rings. The first-order valence-corrected chi connectivity index (χ1v) is 9.09. The maximum Gasteiger partial charge on any atom is 0.0746 e. The molecule has 0 aromatic heterocycles. The predicted octanol–water partition coefficient (Wildman–Crippen LogP) is 4.75. The first-order chi connectivity index (χ1) is 9.64. The van der Waals surface area contributed by atoms with Gasteiger partial charge in [0.25, 0.3) is 0 Å². The van der Waals surface area contributed by atoms with Crippen molar-refractivity contribution in [3.05, 3.63) is 0 Å². The molecule has 0 aliphatic carbocycles. The molecule has 120 valence electrons. The smallest absolute Gasteiger partial charge is 0.0746 e. The van der Waals surface area contributed by atoms with Crippen LogP contribution in [0.2, 0.25) is 0 Å². The normalized spacial score (nSPS) is 24.1. The number of hydrogen-bond acceptors (Lipinski definition) is 2. The first kappa shape index (κ1) is 18.0. The molecule has 0 bridgehead atoms. The number of piperidine rings is 1. The lowest BCUT2D eigenvalue weighted by Crippen LogP contribution is -2.46. The summed E-state index contributed by atoms with van der Waals surface area (Å²) in [6.07, 6.45) is 16.1. The molecule has 0 aromatic carbocycles. The molecule has 1 fully saturated rings. The van der Waals surface area contributed by atoms with E-state index < -0.39 is 5.60 Å². The lowest BCUT2D eigenvalue weighted by Gasteiger charge is -2.36. The van der Waals surface area contributed by atoms with Crippen LogP contribution in [0.4, 0.5) is 0 Å². The Bertz CT molecular complexity index is 227. The maximum absolute atomic E-state index is 10.1. The van der Waals surface area contributed by atoms with Gasteiger partial charge in [-0.25, -0.2) is 0 Å². The van der Waals surface area contributed by atoms with Crippen LogP contribution >= 0.6 is 0 Å². The maximum atomic E-state index is 10.1. The molecule has 1 aliphatic rings. The van der Waals surface area contributed by atoms with E-state index in [4.69, 9.17) is 0 Å². The van der Waals surface area contributed by atoms with Gasteiger partial charge in [0.15, 0.2) is 0 Å². The largest absolute Gasteiger partial charge is 0.389 e. The van der Waals surface area contributed by atoms with Crippen molar-refractivity contribution in [2.24, 2.45) is 0 Å². The zero-order valence-electron chi connectivity index (χ0n) is 14.0. The third-order valence-corrected chi connectivity index (χ3v) is 4.58. The molecule has 0 radical (unpaired) electrons. The van der Waals surface area contributed by atoms with E-state index in [0.717, 1.165) is 19.4 Å². The fraction of sp³-hybridized carbons (Fsp3) is 1.00. The Balaban J connectivity index is 1.85. The topological polar surface area (TPSA) is 23.5 Å². The summed E-state index contributed by atoms with van der Waals surface area (Å²) in [5, 5.41) is 10.1. The second-order valence-corrected chi connectivity index (χ2v) is 7.06. The number of β-amino-alcohol motifs (C(OH)–C–C–N with tert-alkyl or cyclic N) is 1. The second kappa shape index (κ2) is 10.6. The molecule has 1 heterocycles. The fourth-order valence-corrected chi connectivity index (χ4v) is 3.34. The van der Waals surface area contributed by atoms with Crippen molar-refractivity contribution in [1.29, 1.82) is 0 Å². The van der Waals surface area contributed by atoms with Gasteiger partial charge >= 0.3 is 0 Å². The summed E-state index contributed by atoms with van der Waals surface area (Å²) in [4.78, 5) is 2.45. The van der Waals surface area contributed by atoms with Crippen LogP contribution in [0.3, 0.4) is 0 Å². The van der Waals surface area contributed by atoms with Crippen LogP contribution in [-0.4, -0.2) is 35.2 Å². The summed E-state index contributed by atoms with van der Waals surface area (Å²) >= 11 is 0. The molecule has 1 unspecified atom stereocenters. The van der Waals surface area contributed by atoms with Gasteiger partial charge in [-0.1, -0.05) is 64.7 Å². The van der Waals surface area contributed by atoms with Gasteiger partial charge in [-0.05, 0) is 39.3 Å². The van der Waals surface area contributed by atoms with Gasteiger partial charge < -0.3 is 10.0 Å². The predicted molar refractivity (Wildman–Crippen MR) is 88.1 cm³/mol. The third-order valence-electron chi connectivity index (χ3n) is 4.58. The molecule has 1 rings (SSSR count). The summed E-state index contributed by atoms with van der Waals surface area (Å²) in [7, 11) is 0. The van der Waals surface area contributed by atoms with E-state index in [1.54, 1.807) is 0 Å². The van der Waals surface area contributed by atoms with Crippen molar-refractivity contribution in [2.75, 3.05) is 19.6 Å². The highest BCUT2D eigenvalue weighted by Gasteiger charge is 2.27. The van der Waals surface area contributed by atoms with Gasteiger partial charge in [-0.3, -0.25) is 0 Å². The Hall–Kier alpha value is -0.0800. The van der Waals surface area contributed by atoms with Crippen molar-refractivity contribution in [3.63, 3.8) is 0 Å². The van der Waals surface area contributed by atoms with Crippen LogP contribution in [0.5, 0.6) is 0 Å². The first-order valence-electron chi connectivity index (χ1n) is 9.09. The van der Waals surface area contributed by atoms with Crippen molar-refractivity contribution in [1.82, 2.24) is 4.90 Å². The average Bonchev–Trinajstić information content (AvgIpc) is 2.40. The molecule has 2 nitrogen and oxygen atoms in total. The van der Waals surface area contributed by atoms with Gasteiger partial charge in [-0.2, -0.15) is 0 Å². The van der Waals surface area contributed by atoms with Crippen LogP contribution in [-0.2, 0) is 0 Å². The van der Waals surface area contributed by atoms with E-state index in [-0.39, 0.29) is 0 Å². The molecule has 2 heteroatoms. The second-order valence-electron chi connectivity index (χ2n) is 7.06. The summed E-state index contributed by atoms with van der Waals surface area (Å²) in [6.45, 7) is 7.52. The Kier molecular flexibility index (Phi) is 9.54. The SMILES string of the molecule is CCCCCCCCCCCCN1CCCC(C)(O)C1. The van der Waals surface area contributed by atoms with E-state index in [1.807, 2.05) is 6.92 Å². The Morgan fingerprint density at radius 3 is 2.00 bits per heavy atom. The average molecular weight is 283 g/mol. The zero-order chi connectivity index (χ0) is 14.7. The number of rotatable bonds is 11. The quantitative estimate of drug-likeness (QED) is 0.553. The van der Waals surface area contributed by atoms with Crippen molar-refractivity contribution >= 4 is 0 Å². The molecular formula is C18H37NO. The summed E-state index contributed by atoms with van der Waals surface area (Å²) < 4.78 is 0. The van der Waals surface area contributed by atoms with E-state index in [9.17, 15) is 5.11 Å². The van der Waals surface area contributed by atoms with E-state index in [1.165, 1.54) is 77.3 Å². The van der Waals surface area contributed by atoms with E-state index in [0.29, 0.717) is 0 Å². The highest BCUT2D eigenvalue weighted by Crippen LogP contribution is 2.20. The van der Waals surface area contributed by atoms with Crippen molar-refractivity contribution < 1.29 is 5.11 Å². The van der Waals surface area contributed by atoms with E-state index >= 15 is 0 Å². The van der Waals surface area contributed by atoms with E-state index in [2.05, 4.69) is 11.8 Å². The Morgan fingerprint density at radius 1 is 0.900 bits per heavy atom. The highest BCUT2D eigenvalue weighted by molar-refractivity contribution is 4.82. The lowest BCUT2D eigenvalue weighted by molar-refractivity contribution is -0.0158. The summed E-state index contributed by atoms with van der Waals surface area (Å²) in [6, 6.07) is 0. The number of hydrogen-bond donors (Lipinski definition) is 1. The number of likely N-dealkylation sites (tertiary alicyclic amines) is 1. The minimum absolute atomic E-state index is 0.434. The molecule has 20 heavy (non-hydrogen) atoms. The van der Waals surface area contributed by atoms with Crippen LogP contribution in [0.15, 0.2) is 0 Å². The summed E-state index contributed by atoms with van der Waals surface area (Å²) in [5.41, 5.74) is -0.434. The minimum atomic E-state index is -0.434. The molecule has 1 atom stereocenters. The number of unbranched alkanes of at least 4 members (excludes halogenated alkanes) is 9. The monoisotopic (exact) mass is 283 g/mol. The lowest BCUT2D eigenvalue weighted by atomic mass is 9.95. The molecule has 1 aliphatic heterocycles. The molecule has 1 N–H and O–H groups in total. The molecular weight excluding hydrogens is 246 g/mol. The molecule has 1 saturated heterocycles. The van der Waals surface area contributed by atoms with Gasteiger partial charge in [0.2, 0.25) is 0 Å². The van der Waals surface area contributed by atoms with Crippen molar-refractivity contribution in [2.45, 2.75) is 96.5 Å². The molecule has 0 amide bonds. The fourth-order valence-electron chi connectivity index (χ4n) is 3.34. The third kappa shape index (κ3) is 8.97. The van der Waals surface area contributed by atoms with Gasteiger partial charge in [0.05, 0.1) is 5.60 Å². The standard InChI is InChI=1S/C18H37NO/c1-3-4-5-6-7-8-9-10-11-12-15-19-16-13-14-18(2,20)17-19/h20H,3-17H2,1-2H3. The number of aliphatic hydroxyl groups is 1. The minimum Gasteiger partial charge on any atom is -0.389 e. The highest BCUT2D eigenvalue weighted by atomic mass is 16.3. The van der Waals surface area contributed by atoms with Gasteiger partial charge in [0, 0.05) is 6.54 Å². The Morgan fingerprint density at radius 2 is 1.45 bits per heavy atom. The van der Waals surface area contributed by atoms with Crippen LogP contribution in [0.25, 0.3) is 0 Å². The zero-order valence-corrected chi connectivity index (χ0v) is 14.0. The summed E-state index contributed by atoms with van der Waals surface area (Å²) in [5.74, 6) is 0. The van der Waals surface area contributed by atoms with Crippen LogP contribution < -0.4 is 0 Å². The van der Waals surface area contributed by atoms with Crippen LogP contribution in [0.1, 0.15) is 90.9 Å².